The zero-order valence-corrected chi connectivity index (χ0v) is 12.0. The van der Waals surface area contributed by atoms with Gasteiger partial charge < -0.3 is 0 Å². The third kappa shape index (κ3) is 2.09. The van der Waals surface area contributed by atoms with Crippen molar-refractivity contribution in [1.82, 2.24) is 0 Å². The van der Waals surface area contributed by atoms with Crippen LogP contribution in [0.4, 0.5) is 0 Å². The molecule has 4 aromatic carbocycles. The van der Waals surface area contributed by atoms with E-state index in [2.05, 4.69) is 85.8 Å². The fourth-order valence-corrected chi connectivity index (χ4v) is 3.01. The second-order valence-corrected chi connectivity index (χ2v) is 5.59. The molecule has 4 aromatic rings. The van der Waals surface area contributed by atoms with Crippen molar-refractivity contribution in [3.05, 3.63) is 84.4 Å². The van der Waals surface area contributed by atoms with E-state index in [1.54, 1.807) is 0 Å². The maximum absolute atomic E-state index is 2.30. The SMILES string of the molecule is Cc1ccc2ccc(-c3cccc4ccccc34)cc2c1. The standard InChI is InChI=1S/C21H16/c1-15-9-10-16-11-12-18(14-19(16)13-15)21-8-4-6-17-5-2-3-7-20(17)21/h2-14H,1H3. The first-order valence-electron chi connectivity index (χ1n) is 7.30. The molecule has 0 aromatic heterocycles. The van der Waals surface area contributed by atoms with Gasteiger partial charge in [-0.2, -0.15) is 0 Å². The lowest BCUT2D eigenvalue weighted by Crippen LogP contribution is -1.82. The van der Waals surface area contributed by atoms with Gasteiger partial charge in [-0.15, -0.1) is 0 Å². The Kier molecular flexibility index (Phi) is 2.75. The van der Waals surface area contributed by atoms with Crippen LogP contribution in [-0.2, 0) is 0 Å². The maximum atomic E-state index is 2.30. The monoisotopic (exact) mass is 268 g/mol. The number of benzene rings is 4. The molecule has 0 fully saturated rings. The van der Waals surface area contributed by atoms with E-state index in [9.17, 15) is 0 Å². The Labute approximate surface area is 124 Å². The fourth-order valence-electron chi connectivity index (χ4n) is 3.01. The summed E-state index contributed by atoms with van der Waals surface area (Å²) in [5.41, 5.74) is 3.89. The van der Waals surface area contributed by atoms with Gasteiger partial charge in [0.15, 0.2) is 0 Å². The van der Waals surface area contributed by atoms with E-state index in [0.717, 1.165) is 0 Å². The smallest absolute Gasteiger partial charge is 0.0105 e. The second-order valence-electron chi connectivity index (χ2n) is 5.59. The predicted octanol–water partition coefficient (Wildman–Crippen LogP) is 5.97. The molecule has 21 heavy (non-hydrogen) atoms. The summed E-state index contributed by atoms with van der Waals surface area (Å²) in [5.74, 6) is 0. The Morgan fingerprint density at radius 1 is 0.571 bits per heavy atom. The van der Waals surface area contributed by atoms with Crippen molar-refractivity contribution in [2.24, 2.45) is 0 Å². The molecule has 0 heterocycles. The average Bonchev–Trinajstić information content (AvgIpc) is 2.53. The van der Waals surface area contributed by atoms with Crippen molar-refractivity contribution < 1.29 is 0 Å². The van der Waals surface area contributed by atoms with Crippen molar-refractivity contribution in [3.63, 3.8) is 0 Å². The highest BCUT2D eigenvalue weighted by atomic mass is 14.1. The van der Waals surface area contributed by atoms with Crippen LogP contribution in [0.5, 0.6) is 0 Å². The largest absolute Gasteiger partial charge is 0.0616 e. The molecule has 0 aliphatic rings. The third-order valence-electron chi connectivity index (χ3n) is 4.10. The zero-order chi connectivity index (χ0) is 14.2. The third-order valence-corrected chi connectivity index (χ3v) is 4.10. The van der Waals surface area contributed by atoms with Crippen LogP contribution in [0.15, 0.2) is 78.9 Å². The van der Waals surface area contributed by atoms with Gasteiger partial charge in [-0.3, -0.25) is 0 Å². The zero-order valence-electron chi connectivity index (χ0n) is 12.0. The Bertz CT molecular complexity index is 943. The van der Waals surface area contributed by atoms with Crippen molar-refractivity contribution in [3.8, 4) is 11.1 Å². The highest BCUT2D eigenvalue weighted by Gasteiger charge is 2.04. The quantitative estimate of drug-likeness (QED) is 0.399. The van der Waals surface area contributed by atoms with Crippen LogP contribution in [0.3, 0.4) is 0 Å². The van der Waals surface area contributed by atoms with Crippen LogP contribution < -0.4 is 0 Å². The molecule has 0 N–H and O–H groups in total. The van der Waals surface area contributed by atoms with E-state index in [1.165, 1.54) is 38.2 Å². The van der Waals surface area contributed by atoms with Gasteiger partial charge >= 0.3 is 0 Å². The summed E-state index contributed by atoms with van der Waals surface area (Å²) in [4.78, 5) is 0. The van der Waals surface area contributed by atoms with E-state index < -0.39 is 0 Å². The molecule has 0 saturated carbocycles. The first-order chi connectivity index (χ1) is 10.3. The number of rotatable bonds is 1. The Morgan fingerprint density at radius 3 is 2.33 bits per heavy atom. The van der Waals surface area contributed by atoms with E-state index in [4.69, 9.17) is 0 Å². The van der Waals surface area contributed by atoms with Gasteiger partial charge in [-0.1, -0.05) is 78.4 Å². The molecule has 0 aliphatic heterocycles. The second kappa shape index (κ2) is 4.75. The summed E-state index contributed by atoms with van der Waals surface area (Å²) in [7, 11) is 0. The molecule has 4 rings (SSSR count). The van der Waals surface area contributed by atoms with Gasteiger partial charge in [0.25, 0.3) is 0 Å². The highest BCUT2D eigenvalue weighted by Crippen LogP contribution is 2.30. The minimum absolute atomic E-state index is 1.28. The highest BCUT2D eigenvalue weighted by molar-refractivity contribution is 5.99. The number of hydrogen-bond donors (Lipinski definition) is 0. The number of fused-ring (bicyclic) bond motifs is 2. The normalized spacial score (nSPS) is 11.1. The average molecular weight is 268 g/mol. The first kappa shape index (κ1) is 12.2. The molecular formula is C21H16. The van der Waals surface area contributed by atoms with Crippen molar-refractivity contribution >= 4 is 21.5 Å². The summed E-state index contributed by atoms with van der Waals surface area (Å²) >= 11 is 0. The van der Waals surface area contributed by atoms with Crippen molar-refractivity contribution in [1.29, 1.82) is 0 Å². The van der Waals surface area contributed by atoms with E-state index in [-0.39, 0.29) is 0 Å². The van der Waals surface area contributed by atoms with Crippen LogP contribution in [0.1, 0.15) is 5.56 Å². The number of hydrogen-bond acceptors (Lipinski definition) is 0. The Morgan fingerprint density at radius 2 is 1.38 bits per heavy atom. The number of aryl methyl sites for hydroxylation is 1. The van der Waals surface area contributed by atoms with Crippen LogP contribution >= 0.6 is 0 Å². The molecule has 0 radical (unpaired) electrons. The van der Waals surface area contributed by atoms with Gasteiger partial charge in [0.2, 0.25) is 0 Å². The van der Waals surface area contributed by atoms with Crippen molar-refractivity contribution in [2.75, 3.05) is 0 Å². The predicted molar refractivity (Wildman–Crippen MR) is 91.6 cm³/mol. The Balaban J connectivity index is 2.00. The molecule has 100 valence electrons. The molecule has 0 aliphatic carbocycles. The minimum atomic E-state index is 1.28. The lowest BCUT2D eigenvalue weighted by atomic mass is 9.96. The van der Waals surface area contributed by atoms with Crippen LogP contribution in [-0.4, -0.2) is 0 Å². The van der Waals surface area contributed by atoms with Gasteiger partial charge in [0.1, 0.15) is 0 Å². The summed E-state index contributed by atoms with van der Waals surface area (Å²) < 4.78 is 0. The summed E-state index contributed by atoms with van der Waals surface area (Å²) in [5, 5.41) is 5.20. The summed E-state index contributed by atoms with van der Waals surface area (Å²) in [6, 6.07) is 28.4. The molecule has 0 atom stereocenters. The van der Waals surface area contributed by atoms with Crippen LogP contribution in [0.2, 0.25) is 0 Å². The summed E-state index contributed by atoms with van der Waals surface area (Å²) in [6.07, 6.45) is 0. The molecule has 0 saturated heterocycles. The van der Waals surface area contributed by atoms with Crippen LogP contribution in [0.25, 0.3) is 32.7 Å². The molecule has 0 spiro atoms. The molecular weight excluding hydrogens is 252 g/mol. The van der Waals surface area contributed by atoms with Gasteiger partial charge in [-0.25, -0.2) is 0 Å². The minimum Gasteiger partial charge on any atom is -0.0616 e. The molecule has 0 heteroatoms. The lowest BCUT2D eigenvalue weighted by Gasteiger charge is -2.08. The molecule has 0 unspecified atom stereocenters. The molecule has 0 bridgehead atoms. The van der Waals surface area contributed by atoms with Gasteiger partial charge in [-0.05, 0) is 45.7 Å². The van der Waals surface area contributed by atoms with Gasteiger partial charge in [0.05, 0.1) is 0 Å². The molecule has 0 nitrogen and oxygen atoms in total. The van der Waals surface area contributed by atoms with E-state index in [1.807, 2.05) is 0 Å². The van der Waals surface area contributed by atoms with E-state index >= 15 is 0 Å². The fraction of sp³-hybridized carbons (Fsp3) is 0.0476. The van der Waals surface area contributed by atoms with E-state index in [0.29, 0.717) is 0 Å². The van der Waals surface area contributed by atoms with Crippen LogP contribution in [0, 0.1) is 6.92 Å². The lowest BCUT2D eigenvalue weighted by molar-refractivity contribution is 1.51. The Hall–Kier alpha value is -2.60. The van der Waals surface area contributed by atoms with Crippen molar-refractivity contribution in [2.45, 2.75) is 6.92 Å². The molecule has 0 amide bonds. The topological polar surface area (TPSA) is 0 Å². The van der Waals surface area contributed by atoms with Gasteiger partial charge in [0, 0.05) is 0 Å². The summed E-state index contributed by atoms with van der Waals surface area (Å²) in [6.45, 7) is 2.14. The first-order valence-corrected chi connectivity index (χ1v) is 7.30. The maximum Gasteiger partial charge on any atom is -0.0105 e.